The minimum absolute atomic E-state index is 0.188. The van der Waals surface area contributed by atoms with E-state index in [4.69, 9.17) is 23.2 Å². The summed E-state index contributed by atoms with van der Waals surface area (Å²) in [5, 5.41) is 3.28. The Labute approximate surface area is 163 Å². The van der Waals surface area contributed by atoms with Crippen LogP contribution < -0.4 is 5.32 Å². The number of benzene rings is 2. The Balaban J connectivity index is 1.95. The van der Waals surface area contributed by atoms with E-state index in [1.807, 2.05) is 0 Å². The maximum atomic E-state index is 12.3. The van der Waals surface area contributed by atoms with Crippen molar-refractivity contribution in [2.45, 2.75) is 10.7 Å². The van der Waals surface area contributed by atoms with Gasteiger partial charge in [-0.2, -0.15) is 8.78 Å². The smallest absolute Gasteiger partial charge is 0.288 e. The van der Waals surface area contributed by atoms with Gasteiger partial charge in [-0.1, -0.05) is 35.0 Å². The van der Waals surface area contributed by atoms with E-state index in [0.29, 0.717) is 38.0 Å². The summed E-state index contributed by atoms with van der Waals surface area (Å²) >= 11 is 12.1. The van der Waals surface area contributed by atoms with Crippen LogP contribution in [0, 0.1) is 0 Å². The second-order valence-electron chi connectivity index (χ2n) is 5.24. The molecule has 2 aromatic rings. The normalized spacial score (nSPS) is 10.7. The van der Waals surface area contributed by atoms with Gasteiger partial charge in [-0.25, -0.2) is 0 Å². The molecule has 0 aliphatic rings. The van der Waals surface area contributed by atoms with Crippen LogP contribution >= 0.6 is 35.0 Å². The summed E-state index contributed by atoms with van der Waals surface area (Å²) in [5.41, 5.74) is 0.757. The molecule has 0 fully saturated rings. The average Bonchev–Trinajstić information content (AvgIpc) is 2.57. The highest BCUT2D eigenvalue weighted by Gasteiger charge is 2.16. The number of alkyl halides is 2. The summed E-state index contributed by atoms with van der Waals surface area (Å²) < 4.78 is 24.6. The lowest BCUT2D eigenvalue weighted by molar-refractivity contribution is -0.116. The molecular weight excluding hydrogens is 405 g/mol. The highest BCUT2D eigenvalue weighted by molar-refractivity contribution is 7.99. The number of halogens is 4. The molecule has 0 saturated carbocycles. The van der Waals surface area contributed by atoms with Gasteiger partial charge in [-0.05, 0) is 42.5 Å². The van der Waals surface area contributed by atoms with Crippen molar-refractivity contribution < 1.29 is 18.4 Å². The summed E-state index contributed by atoms with van der Waals surface area (Å²) in [6.07, 6.45) is 0. The number of hydrogen-bond donors (Lipinski definition) is 1. The number of rotatable bonds is 6. The summed E-state index contributed by atoms with van der Waals surface area (Å²) in [6, 6.07) is 10.4. The molecule has 138 valence electrons. The second-order valence-corrected chi connectivity index (χ2v) is 7.12. The molecule has 0 heterocycles. The molecule has 2 rings (SSSR count). The molecule has 0 spiro atoms. The van der Waals surface area contributed by atoms with Crippen molar-refractivity contribution in [1.82, 2.24) is 4.90 Å². The summed E-state index contributed by atoms with van der Waals surface area (Å²) in [6.45, 7) is -0.188. The van der Waals surface area contributed by atoms with Crippen LogP contribution in [0.15, 0.2) is 47.4 Å². The van der Waals surface area contributed by atoms with E-state index < -0.39 is 17.6 Å². The van der Waals surface area contributed by atoms with Gasteiger partial charge in [0.05, 0.1) is 16.6 Å². The number of nitrogens with one attached hydrogen (secondary N) is 1. The molecule has 0 atom stereocenters. The van der Waals surface area contributed by atoms with Gasteiger partial charge in [-0.15, -0.1) is 0 Å². The van der Waals surface area contributed by atoms with Crippen molar-refractivity contribution in [3.63, 3.8) is 0 Å². The van der Waals surface area contributed by atoms with Crippen LogP contribution in [0.2, 0.25) is 10.0 Å². The number of amides is 2. The van der Waals surface area contributed by atoms with Crippen LogP contribution in [-0.4, -0.2) is 36.1 Å². The molecule has 1 N–H and O–H groups in total. The van der Waals surface area contributed by atoms with Crippen LogP contribution in [-0.2, 0) is 4.79 Å². The standard InChI is InChI=1S/C17H14Cl2F2N2O2S/c1-23(9-15(24)22-11-4-7-13(18)14(19)8-11)16(25)10-2-5-12(6-3-10)26-17(20)21/h2-8,17H,9H2,1H3,(H,22,24). The van der Waals surface area contributed by atoms with Crippen LogP contribution in [0.3, 0.4) is 0 Å². The number of likely N-dealkylation sites (N-methyl/N-ethyl adjacent to an activating group) is 1. The summed E-state index contributed by atoms with van der Waals surface area (Å²) in [5.74, 6) is -3.34. The van der Waals surface area contributed by atoms with E-state index in [1.165, 1.54) is 42.3 Å². The third-order valence-corrected chi connectivity index (χ3v) is 4.72. The van der Waals surface area contributed by atoms with E-state index in [-0.39, 0.29) is 6.54 Å². The van der Waals surface area contributed by atoms with E-state index >= 15 is 0 Å². The predicted molar refractivity (Wildman–Crippen MR) is 100 cm³/mol. The molecule has 0 aliphatic heterocycles. The van der Waals surface area contributed by atoms with E-state index in [0.717, 1.165) is 0 Å². The fourth-order valence-electron chi connectivity index (χ4n) is 2.06. The molecule has 2 amide bonds. The van der Waals surface area contributed by atoms with Gasteiger partial charge < -0.3 is 10.2 Å². The third-order valence-electron chi connectivity index (χ3n) is 3.26. The zero-order chi connectivity index (χ0) is 19.3. The molecule has 0 aliphatic carbocycles. The highest BCUT2D eigenvalue weighted by Crippen LogP contribution is 2.26. The van der Waals surface area contributed by atoms with Gasteiger partial charge in [0.1, 0.15) is 0 Å². The second kappa shape index (κ2) is 9.21. The minimum Gasteiger partial charge on any atom is -0.332 e. The largest absolute Gasteiger partial charge is 0.332 e. The Hall–Kier alpha value is -1.83. The van der Waals surface area contributed by atoms with Crippen molar-refractivity contribution in [1.29, 1.82) is 0 Å². The lowest BCUT2D eigenvalue weighted by Crippen LogP contribution is -2.34. The first-order chi connectivity index (χ1) is 12.3. The Morgan fingerprint density at radius 1 is 1.12 bits per heavy atom. The van der Waals surface area contributed by atoms with E-state index in [1.54, 1.807) is 12.1 Å². The first-order valence-electron chi connectivity index (χ1n) is 7.31. The number of carbonyl (C=O) groups is 2. The Kier molecular flexibility index (Phi) is 7.25. The number of hydrogen-bond acceptors (Lipinski definition) is 3. The van der Waals surface area contributed by atoms with E-state index in [9.17, 15) is 18.4 Å². The number of carbonyl (C=O) groups excluding carboxylic acids is 2. The number of anilines is 1. The maximum absolute atomic E-state index is 12.3. The van der Waals surface area contributed by atoms with E-state index in [2.05, 4.69) is 5.32 Å². The number of thioether (sulfide) groups is 1. The average molecular weight is 419 g/mol. The van der Waals surface area contributed by atoms with Crippen molar-refractivity contribution in [3.8, 4) is 0 Å². The molecule has 4 nitrogen and oxygen atoms in total. The molecule has 2 aromatic carbocycles. The fourth-order valence-corrected chi connectivity index (χ4v) is 2.86. The van der Waals surface area contributed by atoms with Crippen LogP contribution in [0.1, 0.15) is 10.4 Å². The fraction of sp³-hybridized carbons (Fsp3) is 0.176. The van der Waals surface area contributed by atoms with Gasteiger partial charge in [0.25, 0.3) is 11.7 Å². The van der Waals surface area contributed by atoms with Crippen LogP contribution in [0.25, 0.3) is 0 Å². The Bertz CT molecular complexity index is 804. The van der Waals surface area contributed by atoms with Crippen LogP contribution in [0.5, 0.6) is 0 Å². The van der Waals surface area contributed by atoms with Crippen molar-refractivity contribution in [2.75, 3.05) is 18.9 Å². The molecule has 9 heteroatoms. The molecule has 0 radical (unpaired) electrons. The molecule has 26 heavy (non-hydrogen) atoms. The minimum atomic E-state index is -2.52. The topological polar surface area (TPSA) is 49.4 Å². The third kappa shape index (κ3) is 5.86. The van der Waals surface area contributed by atoms with Crippen LogP contribution in [0.4, 0.5) is 14.5 Å². The first-order valence-corrected chi connectivity index (χ1v) is 8.95. The van der Waals surface area contributed by atoms with Gasteiger partial charge in [0.15, 0.2) is 0 Å². The number of nitrogens with zero attached hydrogens (tertiary/aromatic N) is 1. The Morgan fingerprint density at radius 2 is 1.77 bits per heavy atom. The SMILES string of the molecule is CN(CC(=O)Nc1ccc(Cl)c(Cl)c1)C(=O)c1ccc(SC(F)F)cc1. The lowest BCUT2D eigenvalue weighted by atomic mass is 10.2. The van der Waals surface area contributed by atoms with Gasteiger partial charge in [-0.3, -0.25) is 9.59 Å². The molecule has 0 bridgehead atoms. The monoisotopic (exact) mass is 418 g/mol. The summed E-state index contributed by atoms with van der Waals surface area (Å²) in [7, 11) is 1.47. The van der Waals surface area contributed by atoms with Gasteiger partial charge in [0.2, 0.25) is 5.91 Å². The van der Waals surface area contributed by atoms with Crippen molar-refractivity contribution in [2.24, 2.45) is 0 Å². The molecule has 0 saturated heterocycles. The molecular formula is C17H14Cl2F2N2O2S. The lowest BCUT2D eigenvalue weighted by Gasteiger charge is -2.17. The Morgan fingerprint density at radius 3 is 2.35 bits per heavy atom. The van der Waals surface area contributed by atoms with Gasteiger partial charge in [0, 0.05) is 23.2 Å². The zero-order valence-corrected chi connectivity index (χ0v) is 15.8. The highest BCUT2D eigenvalue weighted by atomic mass is 35.5. The van der Waals surface area contributed by atoms with Gasteiger partial charge >= 0.3 is 0 Å². The summed E-state index contributed by atoms with van der Waals surface area (Å²) in [4.78, 5) is 26.0. The zero-order valence-electron chi connectivity index (χ0n) is 13.5. The van der Waals surface area contributed by atoms with Crippen molar-refractivity contribution in [3.05, 3.63) is 58.1 Å². The predicted octanol–water partition coefficient (Wildman–Crippen LogP) is 5.02. The molecule has 0 unspecified atom stereocenters. The maximum Gasteiger partial charge on any atom is 0.288 e. The molecule has 0 aromatic heterocycles. The first kappa shape index (κ1) is 20.5. The van der Waals surface area contributed by atoms with Crippen molar-refractivity contribution >= 4 is 52.5 Å². The quantitative estimate of drug-likeness (QED) is 0.670.